The Balaban J connectivity index is 3.07. The third-order valence-electron chi connectivity index (χ3n) is 2.50. The maximum Gasteiger partial charge on any atom is 0.335 e. The lowest BCUT2D eigenvalue weighted by molar-refractivity contribution is 0.0678. The Morgan fingerprint density at radius 3 is 2.33 bits per heavy atom. The number of aliphatic hydroxyl groups excluding tert-OH is 2. The Hall–Kier alpha value is -1.92. The summed E-state index contributed by atoms with van der Waals surface area (Å²) in [6.07, 6.45) is -0.809. The normalized spacial score (nSPS) is 12.1. The van der Waals surface area contributed by atoms with Gasteiger partial charge < -0.3 is 20.4 Å². The summed E-state index contributed by atoms with van der Waals surface area (Å²) in [5, 5.41) is 36.0. The van der Waals surface area contributed by atoms with Gasteiger partial charge in [-0.3, -0.25) is 0 Å². The van der Waals surface area contributed by atoms with E-state index in [1.54, 1.807) is 0 Å². The standard InChI is InChI=1S/C12H14O6/c13-4-3-9(14)6-8-5-7(11(15)16)1-2-10(8)12(17)18/h1-2,5,9,13-14H,3-4,6H2,(H,15,16)(H,17,18). The lowest BCUT2D eigenvalue weighted by atomic mass is 9.98. The van der Waals surface area contributed by atoms with Crippen LogP contribution in [0.4, 0.5) is 0 Å². The summed E-state index contributed by atoms with van der Waals surface area (Å²) in [6.45, 7) is -0.220. The fraction of sp³-hybridized carbons (Fsp3) is 0.333. The predicted octanol–water partition coefficient (Wildman–Crippen LogP) is 0.369. The highest BCUT2D eigenvalue weighted by molar-refractivity contribution is 5.93. The minimum Gasteiger partial charge on any atom is -0.478 e. The van der Waals surface area contributed by atoms with Crippen LogP contribution in [0.1, 0.15) is 32.7 Å². The van der Waals surface area contributed by atoms with Crippen LogP contribution in [0.25, 0.3) is 0 Å². The van der Waals surface area contributed by atoms with Crippen LogP contribution in [0.15, 0.2) is 18.2 Å². The number of carboxylic acids is 2. The number of carbonyl (C=O) groups is 2. The molecule has 1 atom stereocenters. The summed E-state index contributed by atoms with van der Waals surface area (Å²) in [5.74, 6) is -2.34. The number of rotatable bonds is 6. The molecule has 0 heterocycles. The van der Waals surface area contributed by atoms with E-state index in [1.807, 2.05) is 0 Å². The zero-order chi connectivity index (χ0) is 13.7. The summed E-state index contributed by atoms with van der Waals surface area (Å²) in [7, 11) is 0. The monoisotopic (exact) mass is 254 g/mol. The van der Waals surface area contributed by atoms with Crippen molar-refractivity contribution >= 4 is 11.9 Å². The molecule has 6 nitrogen and oxygen atoms in total. The van der Waals surface area contributed by atoms with Crippen molar-refractivity contribution in [2.75, 3.05) is 6.61 Å². The first kappa shape index (κ1) is 14.1. The second-order valence-electron chi connectivity index (χ2n) is 3.85. The lowest BCUT2D eigenvalue weighted by Gasteiger charge is -2.12. The minimum atomic E-state index is -1.18. The van der Waals surface area contributed by atoms with Gasteiger partial charge in [0.1, 0.15) is 0 Å². The zero-order valence-corrected chi connectivity index (χ0v) is 9.54. The van der Waals surface area contributed by atoms with Crippen molar-refractivity contribution in [2.24, 2.45) is 0 Å². The predicted molar refractivity (Wildman–Crippen MR) is 61.8 cm³/mol. The Kier molecular flexibility index (Phi) is 4.82. The molecule has 98 valence electrons. The number of benzene rings is 1. The van der Waals surface area contributed by atoms with Gasteiger partial charge in [-0.25, -0.2) is 9.59 Å². The highest BCUT2D eigenvalue weighted by atomic mass is 16.4. The molecule has 0 aromatic heterocycles. The van der Waals surface area contributed by atoms with Gasteiger partial charge in [-0.05, 0) is 36.6 Å². The van der Waals surface area contributed by atoms with Gasteiger partial charge in [0.2, 0.25) is 0 Å². The van der Waals surface area contributed by atoms with E-state index in [4.69, 9.17) is 15.3 Å². The molecule has 6 heteroatoms. The summed E-state index contributed by atoms with van der Waals surface area (Å²) in [4.78, 5) is 21.8. The fourth-order valence-electron chi connectivity index (χ4n) is 1.61. The number of aliphatic hydroxyl groups is 2. The van der Waals surface area contributed by atoms with E-state index in [1.165, 1.54) is 18.2 Å². The molecule has 0 saturated heterocycles. The molecule has 4 N–H and O–H groups in total. The minimum absolute atomic E-state index is 0.0106. The van der Waals surface area contributed by atoms with E-state index in [9.17, 15) is 14.7 Å². The summed E-state index contributed by atoms with van der Waals surface area (Å²) in [6, 6.07) is 3.63. The highest BCUT2D eigenvalue weighted by Crippen LogP contribution is 2.15. The van der Waals surface area contributed by atoms with Gasteiger partial charge >= 0.3 is 11.9 Å². The molecule has 0 bridgehead atoms. The molecule has 0 aliphatic carbocycles. The lowest BCUT2D eigenvalue weighted by Crippen LogP contribution is -2.15. The molecule has 1 rings (SSSR count). The van der Waals surface area contributed by atoms with Crippen molar-refractivity contribution in [1.82, 2.24) is 0 Å². The van der Waals surface area contributed by atoms with E-state index >= 15 is 0 Å². The Morgan fingerprint density at radius 1 is 1.17 bits per heavy atom. The van der Waals surface area contributed by atoms with E-state index in [0.29, 0.717) is 0 Å². The second kappa shape index (κ2) is 6.13. The quantitative estimate of drug-likeness (QED) is 0.583. The van der Waals surface area contributed by atoms with Crippen molar-refractivity contribution < 1.29 is 30.0 Å². The molecule has 1 unspecified atom stereocenters. The van der Waals surface area contributed by atoms with Crippen LogP contribution in [-0.4, -0.2) is 45.1 Å². The highest BCUT2D eigenvalue weighted by Gasteiger charge is 2.16. The summed E-state index contributed by atoms with van der Waals surface area (Å²) >= 11 is 0. The van der Waals surface area contributed by atoms with Crippen LogP contribution in [0, 0.1) is 0 Å². The molecule has 0 amide bonds. The van der Waals surface area contributed by atoms with Crippen molar-refractivity contribution in [2.45, 2.75) is 18.9 Å². The van der Waals surface area contributed by atoms with E-state index in [-0.39, 0.29) is 36.1 Å². The Labute approximate surface area is 103 Å². The van der Waals surface area contributed by atoms with E-state index in [2.05, 4.69) is 0 Å². The van der Waals surface area contributed by atoms with Gasteiger partial charge in [-0.15, -0.1) is 0 Å². The first-order valence-corrected chi connectivity index (χ1v) is 5.34. The van der Waals surface area contributed by atoms with Crippen LogP contribution in [-0.2, 0) is 6.42 Å². The third kappa shape index (κ3) is 3.54. The SMILES string of the molecule is O=C(O)c1ccc(C(=O)O)c(CC(O)CCO)c1. The molecule has 0 spiro atoms. The maximum atomic E-state index is 11.0. The zero-order valence-electron chi connectivity index (χ0n) is 9.54. The molecule has 0 saturated carbocycles. The number of hydrogen-bond acceptors (Lipinski definition) is 4. The van der Waals surface area contributed by atoms with Gasteiger partial charge in [-0.2, -0.15) is 0 Å². The van der Waals surface area contributed by atoms with Crippen LogP contribution < -0.4 is 0 Å². The van der Waals surface area contributed by atoms with Crippen LogP contribution >= 0.6 is 0 Å². The first-order chi connectivity index (χ1) is 8.45. The van der Waals surface area contributed by atoms with E-state index < -0.39 is 18.0 Å². The third-order valence-corrected chi connectivity index (χ3v) is 2.50. The van der Waals surface area contributed by atoms with Gasteiger partial charge in [0.05, 0.1) is 17.2 Å². The Bertz CT molecular complexity index is 454. The van der Waals surface area contributed by atoms with Crippen LogP contribution in [0.2, 0.25) is 0 Å². The van der Waals surface area contributed by atoms with Crippen LogP contribution in [0.5, 0.6) is 0 Å². The Morgan fingerprint density at radius 2 is 1.83 bits per heavy atom. The molecule has 0 aliphatic heterocycles. The van der Waals surface area contributed by atoms with Crippen molar-refractivity contribution in [3.8, 4) is 0 Å². The fourth-order valence-corrected chi connectivity index (χ4v) is 1.61. The maximum absolute atomic E-state index is 11.0. The van der Waals surface area contributed by atoms with Gasteiger partial charge in [0.25, 0.3) is 0 Å². The summed E-state index contributed by atoms with van der Waals surface area (Å²) < 4.78 is 0. The largest absolute Gasteiger partial charge is 0.478 e. The van der Waals surface area contributed by atoms with Crippen molar-refractivity contribution in [1.29, 1.82) is 0 Å². The van der Waals surface area contributed by atoms with E-state index in [0.717, 1.165) is 0 Å². The van der Waals surface area contributed by atoms with Gasteiger partial charge in [-0.1, -0.05) is 0 Å². The number of hydrogen-bond donors (Lipinski definition) is 4. The molecular weight excluding hydrogens is 240 g/mol. The smallest absolute Gasteiger partial charge is 0.335 e. The first-order valence-electron chi connectivity index (χ1n) is 5.34. The van der Waals surface area contributed by atoms with Gasteiger partial charge in [0, 0.05) is 6.61 Å². The van der Waals surface area contributed by atoms with Crippen molar-refractivity contribution in [3.63, 3.8) is 0 Å². The molecule has 0 fully saturated rings. The average Bonchev–Trinajstić information content (AvgIpc) is 2.28. The number of aromatic carboxylic acids is 2. The number of carboxylic acid groups (broad SMARTS) is 2. The molecule has 0 radical (unpaired) electrons. The molecular formula is C12H14O6. The second-order valence-corrected chi connectivity index (χ2v) is 3.85. The van der Waals surface area contributed by atoms with Gasteiger partial charge in [0.15, 0.2) is 0 Å². The van der Waals surface area contributed by atoms with Crippen molar-refractivity contribution in [3.05, 3.63) is 34.9 Å². The summed E-state index contributed by atoms with van der Waals surface area (Å²) in [5.41, 5.74) is 0.159. The van der Waals surface area contributed by atoms with Crippen LogP contribution in [0.3, 0.4) is 0 Å². The molecule has 18 heavy (non-hydrogen) atoms. The average molecular weight is 254 g/mol. The molecule has 1 aromatic carbocycles. The topological polar surface area (TPSA) is 115 Å². The molecule has 0 aliphatic rings. The molecule has 1 aromatic rings.